The largest absolute Gasteiger partial charge is 0.391 e. The van der Waals surface area contributed by atoms with E-state index in [1.807, 2.05) is 0 Å². The second-order valence-electron chi connectivity index (χ2n) is 7.92. The number of halogens is 1. The predicted molar refractivity (Wildman–Crippen MR) is 104 cm³/mol. The van der Waals surface area contributed by atoms with Crippen LogP contribution in [0.3, 0.4) is 0 Å². The van der Waals surface area contributed by atoms with Gasteiger partial charge in [0.2, 0.25) is 15.9 Å². The van der Waals surface area contributed by atoms with Crippen molar-refractivity contribution in [3.63, 3.8) is 0 Å². The molecule has 2 aliphatic rings. The van der Waals surface area contributed by atoms with Crippen LogP contribution >= 0.6 is 0 Å². The molecule has 2 fully saturated rings. The van der Waals surface area contributed by atoms with Crippen molar-refractivity contribution in [3.05, 3.63) is 35.6 Å². The van der Waals surface area contributed by atoms with Crippen LogP contribution in [-0.4, -0.2) is 60.9 Å². The Morgan fingerprint density at radius 1 is 1.14 bits per heavy atom. The zero-order valence-electron chi connectivity index (χ0n) is 16.3. The lowest BCUT2D eigenvalue weighted by molar-refractivity contribution is -0.141. The Balaban J connectivity index is 1.55. The first-order valence-electron chi connectivity index (χ1n) is 9.95. The number of amides is 1. The number of carbonyl (C=O) groups excluding carboxylic acids is 1. The van der Waals surface area contributed by atoms with Gasteiger partial charge >= 0.3 is 0 Å². The van der Waals surface area contributed by atoms with Crippen molar-refractivity contribution >= 4 is 15.9 Å². The standard InChI is InChI=1S/C20H29FN2O4S/c1-22(18-4-2-3-5-19(18)24)20(25)16-10-12-23(13-11-16)28(26,27)14-15-6-8-17(21)9-7-15/h6-9,16,18-19,24H,2-5,10-14H2,1H3. The van der Waals surface area contributed by atoms with Crippen LogP contribution in [0.2, 0.25) is 0 Å². The van der Waals surface area contributed by atoms with Crippen LogP contribution in [0.4, 0.5) is 4.39 Å². The number of likely N-dealkylation sites (N-methyl/N-ethyl adjacent to an activating group) is 1. The summed E-state index contributed by atoms with van der Waals surface area (Å²) in [6.07, 6.45) is 4.03. The highest BCUT2D eigenvalue weighted by Crippen LogP contribution is 2.27. The van der Waals surface area contributed by atoms with Crippen LogP contribution in [-0.2, 0) is 20.6 Å². The molecular formula is C20H29FN2O4S. The number of carbonyl (C=O) groups is 1. The summed E-state index contributed by atoms with van der Waals surface area (Å²) in [4.78, 5) is 14.5. The van der Waals surface area contributed by atoms with E-state index in [0.717, 1.165) is 25.7 Å². The molecule has 1 aliphatic carbocycles. The Morgan fingerprint density at radius 2 is 1.75 bits per heavy atom. The fourth-order valence-corrected chi connectivity index (χ4v) is 5.82. The van der Waals surface area contributed by atoms with Gasteiger partial charge in [0.05, 0.1) is 17.9 Å². The molecule has 1 aromatic carbocycles. The minimum absolute atomic E-state index is 0.00142. The lowest BCUT2D eigenvalue weighted by Crippen LogP contribution is -2.50. The number of aliphatic hydroxyl groups excluding tert-OH is 1. The first kappa shape index (κ1) is 21.2. The maximum Gasteiger partial charge on any atom is 0.225 e. The molecule has 6 nitrogen and oxygen atoms in total. The molecule has 2 atom stereocenters. The maximum atomic E-state index is 13.0. The molecule has 0 radical (unpaired) electrons. The van der Waals surface area contributed by atoms with Gasteiger partial charge in [0.15, 0.2) is 0 Å². The first-order chi connectivity index (χ1) is 13.3. The molecule has 1 saturated carbocycles. The SMILES string of the molecule is CN(C(=O)C1CCN(S(=O)(=O)Cc2ccc(F)cc2)CC1)C1CCCCC1O. The quantitative estimate of drug-likeness (QED) is 0.804. The van der Waals surface area contributed by atoms with Gasteiger partial charge in [-0.25, -0.2) is 17.1 Å². The number of nitrogens with zero attached hydrogens (tertiary/aromatic N) is 2. The fraction of sp³-hybridized carbons (Fsp3) is 0.650. The predicted octanol–water partition coefficient (Wildman–Crippen LogP) is 2.13. The topological polar surface area (TPSA) is 77.9 Å². The molecule has 1 saturated heterocycles. The van der Waals surface area contributed by atoms with E-state index >= 15 is 0 Å². The number of hydrogen-bond acceptors (Lipinski definition) is 4. The number of hydrogen-bond donors (Lipinski definition) is 1. The summed E-state index contributed by atoms with van der Waals surface area (Å²) in [6, 6.07) is 5.33. The molecule has 1 N–H and O–H groups in total. The number of piperidine rings is 1. The molecule has 0 spiro atoms. The van der Waals surface area contributed by atoms with E-state index in [4.69, 9.17) is 0 Å². The summed E-state index contributed by atoms with van der Waals surface area (Å²) in [6.45, 7) is 0.613. The summed E-state index contributed by atoms with van der Waals surface area (Å²) < 4.78 is 39.7. The van der Waals surface area contributed by atoms with E-state index in [2.05, 4.69) is 0 Å². The van der Waals surface area contributed by atoms with Crippen LogP contribution in [0.25, 0.3) is 0 Å². The van der Waals surface area contributed by atoms with Crippen molar-refractivity contribution < 1.29 is 22.7 Å². The smallest absolute Gasteiger partial charge is 0.225 e. The fourth-order valence-electron chi connectivity index (χ4n) is 4.26. The summed E-state index contributed by atoms with van der Waals surface area (Å²) in [5.41, 5.74) is 0.547. The summed E-state index contributed by atoms with van der Waals surface area (Å²) in [5.74, 6) is -0.773. The summed E-state index contributed by atoms with van der Waals surface area (Å²) in [7, 11) is -1.75. The van der Waals surface area contributed by atoms with Gasteiger partial charge in [0, 0.05) is 26.1 Å². The van der Waals surface area contributed by atoms with Crippen LogP contribution in [0.1, 0.15) is 44.1 Å². The Hall–Kier alpha value is -1.51. The molecule has 1 aromatic rings. The number of benzene rings is 1. The van der Waals surface area contributed by atoms with Gasteiger partial charge in [-0.15, -0.1) is 0 Å². The monoisotopic (exact) mass is 412 g/mol. The molecule has 156 valence electrons. The second-order valence-corrected chi connectivity index (χ2v) is 9.89. The van der Waals surface area contributed by atoms with Crippen molar-refractivity contribution in [2.75, 3.05) is 20.1 Å². The normalized spacial score (nSPS) is 24.8. The molecule has 1 amide bonds. The van der Waals surface area contributed by atoms with E-state index in [1.165, 1.54) is 28.6 Å². The average Bonchev–Trinajstić information content (AvgIpc) is 2.69. The van der Waals surface area contributed by atoms with Gasteiger partial charge in [-0.1, -0.05) is 25.0 Å². The van der Waals surface area contributed by atoms with Crippen LogP contribution in [0, 0.1) is 11.7 Å². The second kappa shape index (κ2) is 8.88. The van der Waals surface area contributed by atoms with E-state index in [0.29, 0.717) is 31.5 Å². The molecule has 0 bridgehead atoms. The number of aliphatic hydroxyl groups is 1. The number of sulfonamides is 1. The molecule has 28 heavy (non-hydrogen) atoms. The maximum absolute atomic E-state index is 13.0. The molecule has 3 rings (SSSR count). The van der Waals surface area contributed by atoms with Gasteiger partial charge in [-0.05, 0) is 43.4 Å². The molecule has 0 aromatic heterocycles. The Kier molecular flexibility index (Phi) is 6.73. The lowest BCUT2D eigenvalue weighted by Gasteiger charge is -2.38. The zero-order chi connectivity index (χ0) is 20.3. The van der Waals surface area contributed by atoms with Crippen molar-refractivity contribution in [2.24, 2.45) is 5.92 Å². The Morgan fingerprint density at radius 3 is 2.36 bits per heavy atom. The van der Waals surface area contributed by atoms with E-state index in [1.54, 1.807) is 11.9 Å². The van der Waals surface area contributed by atoms with E-state index in [-0.39, 0.29) is 23.6 Å². The number of rotatable bonds is 5. The molecular weight excluding hydrogens is 383 g/mol. The Labute approximate surface area is 166 Å². The highest BCUT2D eigenvalue weighted by Gasteiger charge is 2.36. The summed E-state index contributed by atoms with van der Waals surface area (Å²) in [5, 5.41) is 10.2. The van der Waals surface area contributed by atoms with Gasteiger partial charge in [0.25, 0.3) is 0 Å². The minimum Gasteiger partial charge on any atom is -0.391 e. The Bertz CT molecular complexity index is 776. The third-order valence-electron chi connectivity index (χ3n) is 6.00. The molecule has 1 aliphatic heterocycles. The van der Waals surface area contributed by atoms with Crippen LogP contribution in [0.15, 0.2) is 24.3 Å². The molecule has 2 unspecified atom stereocenters. The van der Waals surface area contributed by atoms with Gasteiger partial charge in [0.1, 0.15) is 5.82 Å². The lowest BCUT2D eigenvalue weighted by atomic mass is 9.89. The van der Waals surface area contributed by atoms with Gasteiger partial charge in [-0.3, -0.25) is 4.79 Å². The highest BCUT2D eigenvalue weighted by molar-refractivity contribution is 7.88. The van der Waals surface area contributed by atoms with Crippen molar-refractivity contribution in [2.45, 2.75) is 56.4 Å². The zero-order valence-corrected chi connectivity index (χ0v) is 17.1. The third kappa shape index (κ3) is 4.90. The third-order valence-corrected chi connectivity index (χ3v) is 7.85. The van der Waals surface area contributed by atoms with Crippen LogP contribution in [0.5, 0.6) is 0 Å². The first-order valence-corrected chi connectivity index (χ1v) is 11.6. The highest BCUT2D eigenvalue weighted by atomic mass is 32.2. The average molecular weight is 413 g/mol. The minimum atomic E-state index is -3.50. The van der Waals surface area contributed by atoms with Crippen molar-refractivity contribution in [1.82, 2.24) is 9.21 Å². The van der Waals surface area contributed by atoms with Crippen molar-refractivity contribution in [1.29, 1.82) is 0 Å². The van der Waals surface area contributed by atoms with Gasteiger partial charge < -0.3 is 10.0 Å². The van der Waals surface area contributed by atoms with Crippen molar-refractivity contribution in [3.8, 4) is 0 Å². The van der Waals surface area contributed by atoms with Crippen LogP contribution < -0.4 is 0 Å². The van der Waals surface area contributed by atoms with Gasteiger partial charge in [-0.2, -0.15) is 0 Å². The van der Waals surface area contributed by atoms with E-state index < -0.39 is 21.9 Å². The van der Waals surface area contributed by atoms with E-state index in [9.17, 15) is 22.7 Å². The molecule has 8 heteroatoms. The summed E-state index contributed by atoms with van der Waals surface area (Å²) >= 11 is 0. The molecule has 1 heterocycles.